The summed E-state index contributed by atoms with van der Waals surface area (Å²) in [5, 5.41) is 2.69. The molecular formula is C11H17N4O2+. The summed E-state index contributed by atoms with van der Waals surface area (Å²) in [5.74, 6) is 3.30. The van der Waals surface area contributed by atoms with Crippen molar-refractivity contribution in [3.8, 4) is 0 Å². The molecule has 92 valence electrons. The van der Waals surface area contributed by atoms with Gasteiger partial charge in [0.25, 0.3) is 0 Å². The zero-order valence-corrected chi connectivity index (χ0v) is 9.75. The van der Waals surface area contributed by atoms with Crippen LogP contribution in [0.1, 0.15) is 11.1 Å². The molecular weight excluding hydrogens is 220 g/mol. The van der Waals surface area contributed by atoms with Crippen molar-refractivity contribution in [1.82, 2.24) is 11.0 Å². The Morgan fingerprint density at radius 1 is 1.59 bits per heavy atom. The van der Waals surface area contributed by atoms with Crippen LogP contribution in [-0.2, 0) is 11.3 Å². The maximum absolute atomic E-state index is 11.4. The Kier molecular flexibility index (Phi) is 5.15. The molecule has 2 amide bonds. The van der Waals surface area contributed by atoms with E-state index in [0.717, 1.165) is 11.1 Å². The van der Waals surface area contributed by atoms with E-state index in [1.807, 2.05) is 12.1 Å². The molecule has 0 spiro atoms. The van der Waals surface area contributed by atoms with Gasteiger partial charge < -0.3 is 10.1 Å². The lowest BCUT2D eigenvalue weighted by molar-refractivity contribution is -0.452. The maximum Gasteiger partial charge on any atom is 0.337 e. The number of ether oxygens (including phenoxy) is 1. The summed E-state index contributed by atoms with van der Waals surface area (Å²) in [6.07, 6.45) is 1.72. The van der Waals surface area contributed by atoms with Gasteiger partial charge in [-0.25, -0.2) is 10.2 Å². The van der Waals surface area contributed by atoms with Gasteiger partial charge in [0.1, 0.15) is 0 Å². The Hall–Kier alpha value is -1.89. The highest BCUT2D eigenvalue weighted by molar-refractivity contribution is 5.90. The lowest BCUT2D eigenvalue weighted by Gasteiger charge is -2.13. The van der Waals surface area contributed by atoms with E-state index in [0.29, 0.717) is 12.3 Å². The lowest BCUT2D eigenvalue weighted by Crippen LogP contribution is -2.72. The number of hydrogen-bond donors (Lipinski definition) is 4. The Labute approximate surface area is 99.8 Å². The zero-order valence-electron chi connectivity index (χ0n) is 9.75. The Bertz CT molecular complexity index is 406. The quantitative estimate of drug-likeness (QED) is 0.554. The molecule has 1 rings (SSSR count). The maximum atomic E-state index is 11.4. The fourth-order valence-corrected chi connectivity index (χ4v) is 1.45. The van der Waals surface area contributed by atoms with Gasteiger partial charge in [0.15, 0.2) is 0 Å². The van der Waals surface area contributed by atoms with Crippen LogP contribution >= 0.6 is 0 Å². The number of carbonyl (C=O) groups is 1. The lowest BCUT2D eigenvalue weighted by atomic mass is 10.1. The highest BCUT2D eigenvalue weighted by atomic mass is 16.5. The van der Waals surface area contributed by atoms with Crippen LogP contribution in [0.5, 0.6) is 0 Å². The Balaban J connectivity index is 2.96. The average molecular weight is 237 g/mol. The molecule has 0 unspecified atom stereocenters. The van der Waals surface area contributed by atoms with Crippen molar-refractivity contribution in [1.29, 1.82) is 0 Å². The molecule has 6 heteroatoms. The summed E-state index contributed by atoms with van der Waals surface area (Å²) in [7, 11) is 1.60. The largest absolute Gasteiger partial charge is 0.380 e. The molecule has 0 atom stereocenters. The van der Waals surface area contributed by atoms with E-state index in [1.165, 1.54) is 0 Å². The molecule has 17 heavy (non-hydrogen) atoms. The molecule has 6 nitrogen and oxygen atoms in total. The average Bonchev–Trinajstić information content (AvgIpc) is 2.32. The molecule has 6 N–H and O–H groups in total. The molecule has 1 aromatic rings. The normalized spacial score (nSPS) is 9.76. The second kappa shape index (κ2) is 6.64. The smallest absolute Gasteiger partial charge is 0.337 e. The van der Waals surface area contributed by atoms with Crippen molar-refractivity contribution < 1.29 is 15.4 Å². The molecule has 0 saturated heterocycles. The monoisotopic (exact) mass is 237 g/mol. The molecule has 1 aromatic carbocycles. The number of nitrogens with one attached hydrogen (secondary N) is 3. The van der Waals surface area contributed by atoms with Gasteiger partial charge in [-0.05, 0) is 11.6 Å². The van der Waals surface area contributed by atoms with Crippen molar-refractivity contribution >= 4 is 17.8 Å². The van der Waals surface area contributed by atoms with E-state index in [-0.39, 0.29) is 0 Å². The Morgan fingerprint density at radius 3 is 2.94 bits per heavy atom. The second-order valence-electron chi connectivity index (χ2n) is 3.27. The van der Waals surface area contributed by atoms with Gasteiger partial charge in [0, 0.05) is 18.4 Å². The van der Waals surface area contributed by atoms with Gasteiger partial charge >= 0.3 is 6.03 Å². The van der Waals surface area contributed by atoms with E-state index in [2.05, 4.69) is 28.7 Å². The number of rotatable bonds is 5. The SMILES string of the molecule is C=Cc1cccc(NC(=O)NN[NH3+])c1COC. The van der Waals surface area contributed by atoms with Crippen LogP contribution in [0.15, 0.2) is 24.8 Å². The summed E-state index contributed by atoms with van der Waals surface area (Å²) in [6.45, 7) is 4.12. The van der Waals surface area contributed by atoms with E-state index in [4.69, 9.17) is 4.74 Å². The van der Waals surface area contributed by atoms with Crippen molar-refractivity contribution in [3.63, 3.8) is 0 Å². The van der Waals surface area contributed by atoms with Crippen molar-refractivity contribution in [2.24, 2.45) is 0 Å². The minimum Gasteiger partial charge on any atom is -0.380 e. The molecule has 0 aliphatic heterocycles. The summed E-state index contributed by atoms with van der Waals surface area (Å²) < 4.78 is 5.11. The number of urea groups is 1. The van der Waals surface area contributed by atoms with Crippen molar-refractivity contribution in [3.05, 3.63) is 35.9 Å². The highest BCUT2D eigenvalue weighted by Gasteiger charge is 2.09. The number of hydrazine groups is 1. The van der Waals surface area contributed by atoms with Crippen LogP contribution in [0.3, 0.4) is 0 Å². The highest BCUT2D eigenvalue weighted by Crippen LogP contribution is 2.21. The first-order valence-corrected chi connectivity index (χ1v) is 5.05. The molecule has 0 aliphatic carbocycles. The third kappa shape index (κ3) is 3.56. The van der Waals surface area contributed by atoms with E-state index >= 15 is 0 Å². The van der Waals surface area contributed by atoms with Crippen molar-refractivity contribution in [2.75, 3.05) is 12.4 Å². The topological polar surface area (TPSA) is 90.0 Å². The number of quaternary nitrogens is 1. The summed E-state index contributed by atoms with van der Waals surface area (Å²) in [5.41, 5.74) is 7.11. The molecule has 0 saturated carbocycles. The van der Waals surface area contributed by atoms with Gasteiger partial charge in [-0.1, -0.05) is 30.3 Å². The molecule has 0 fully saturated rings. The van der Waals surface area contributed by atoms with Crippen LogP contribution < -0.4 is 22.1 Å². The van der Waals surface area contributed by atoms with Gasteiger partial charge in [-0.15, -0.1) is 0 Å². The van der Waals surface area contributed by atoms with Crippen LogP contribution in [0, 0.1) is 0 Å². The molecule has 0 aliphatic rings. The fraction of sp³-hybridized carbons (Fsp3) is 0.182. The summed E-state index contributed by atoms with van der Waals surface area (Å²) in [6, 6.07) is 5.15. The number of benzene rings is 1. The van der Waals surface area contributed by atoms with Crippen molar-refractivity contribution in [2.45, 2.75) is 6.61 Å². The first-order valence-electron chi connectivity index (χ1n) is 5.05. The predicted molar refractivity (Wildman–Crippen MR) is 65.4 cm³/mol. The van der Waals surface area contributed by atoms with E-state index in [9.17, 15) is 4.79 Å². The van der Waals surface area contributed by atoms with Gasteiger partial charge in [0.2, 0.25) is 0 Å². The van der Waals surface area contributed by atoms with Crippen LogP contribution in [0.2, 0.25) is 0 Å². The third-order valence-corrected chi connectivity index (χ3v) is 2.17. The first-order chi connectivity index (χ1) is 8.22. The van der Waals surface area contributed by atoms with Gasteiger partial charge in [-0.3, -0.25) is 5.84 Å². The Morgan fingerprint density at radius 2 is 2.35 bits per heavy atom. The zero-order chi connectivity index (χ0) is 12.7. The fourth-order valence-electron chi connectivity index (χ4n) is 1.45. The standard InChI is InChI=1S/C11H16N4O2/c1-3-8-5-4-6-10(9(8)7-17-2)13-11(16)14-15-12/h3-6,15H,1,7,12H2,2H3,(H2,13,14,16)/p+1. The predicted octanol–water partition coefficient (Wildman–Crippen LogP) is 0.259. The molecule has 0 heterocycles. The molecule has 0 radical (unpaired) electrons. The van der Waals surface area contributed by atoms with Crippen LogP contribution in [0.25, 0.3) is 6.08 Å². The van der Waals surface area contributed by atoms with Gasteiger partial charge in [-0.2, -0.15) is 0 Å². The third-order valence-electron chi connectivity index (χ3n) is 2.17. The second-order valence-corrected chi connectivity index (χ2v) is 3.27. The van der Waals surface area contributed by atoms with Gasteiger partial charge in [0.05, 0.1) is 6.61 Å². The number of anilines is 1. The first kappa shape index (κ1) is 13.2. The van der Waals surface area contributed by atoms with Crippen LogP contribution in [-0.4, -0.2) is 13.1 Å². The number of hydrogen-bond acceptors (Lipinski definition) is 3. The van der Waals surface area contributed by atoms with E-state index in [1.54, 1.807) is 19.3 Å². The number of carbonyl (C=O) groups excluding carboxylic acids is 1. The molecule has 0 aromatic heterocycles. The minimum absolute atomic E-state index is 0.390. The molecule has 0 bridgehead atoms. The number of methoxy groups -OCH3 is 1. The number of amides is 2. The summed E-state index contributed by atoms with van der Waals surface area (Å²) >= 11 is 0. The van der Waals surface area contributed by atoms with Crippen LogP contribution in [0.4, 0.5) is 10.5 Å². The van der Waals surface area contributed by atoms with E-state index < -0.39 is 6.03 Å². The summed E-state index contributed by atoms with van der Waals surface area (Å²) in [4.78, 5) is 11.4. The minimum atomic E-state index is -0.390.